The largest absolute Gasteiger partial charge is 0.490 e. The van der Waals surface area contributed by atoms with Crippen LogP contribution in [0.3, 0.4) is 0 Å². The molecule has 17 heavy (non-hydrogen) atoms. The fourth-order valence-electron chi connectivity index (χ4n) is 2.38. The zero-order valence-corrected chi connectivity index (χ0v) is 10.7. The summed E-state index contributed by atoms with van der Waals surface area (Å²) in [5.41, 5.74) is 0. The van der Waals surface area contributed by atoms with E-state index in [9.17, 15) is 0 Å². The Morgan fingerprint density at radius 3 is 2.65 bits per heavy atom. The van der Waals surface area contributed by atoms with E-state index in [2.05, 4.69) is 27.5 Å². The molecule has 0 saturated heterocycles. The van der Waals surface area contributed by atoms with Gasteiger partial charge in [-0.25, -0.2) is 9.97 Å². The summed E-state index contributed by atoms with van der Waals surface area (Å²) in [6.45, 7) is 2.29. The zero-order chi connectivity index (χ0) is 12.3. The molecule has 94 valence electrons. The number of methoxy groups -OCH3 is 1. The molecule has 2 N–H and O–H groups in total. The maximum absolute atomic E-state index is 5.35. The minimum absolute atomic E-state index is 0.499. The van der Waals surface area contributed by atoms with Crippen LogP contribution >= 0.6 is 0 Å². The molecule has 0 amide bonds. The van der Waals surface area contributed by atoms with Crippen molar-refractivity contribution in [2.24, 2.45) is 5.92 Å². The molecule has 2 unspecified atom stereocenters. The zero-order valence-electron chi connectivity index (χ0n) is 10.7. The first-order valence-corrected chi connectivity index (χ1v) is 6.08. The Bertz CT molecular complexity index is 383. The second kappa shape index (κ2) is 5.21. The van der Waals surface area contributed by atoms with Crippen LogP contribution in [-0.2, 0) is 0 Å². The van der Waals surface area contributed by atoms with Crippen LogP contribution in [0.2, 0.25) is 0 Å². The van der Waals surface area contributed by atoms with Crippen molar-refractivity contribution in [3.8, 4) is 5.75 Å². The van der Waals surface area contributed by atoms with Crippen molar-refractivity contribution in [2.45, 2.75) is 32.2 Å². The Kier molecular flexibility index (Phi) is 3.66. The predicted molar refractivity (Wildman–Crippen MR) is 68.6 cm³/mol. The highest BCUT2D eigenvalue weighted by atomic mass is 16.5. The van der Waals surface area contributed by atoms with Gasteiger partial charge in [0, 0.05) is 13.1 Å². The molecule has 5 heteroatoms. The van der Waals surface area contributed by atoms with Crippen LogP contribution in [0.4, 0.5) is 11.6 Å². The number of hydrogen-bond donors (Lipinski definition) is 2. The topological polar surface area (TPSA) is 59.1 Å². The average molecular weight is 236 g/mol. The van der Waals surface area contributed by atoms with Crippen LogP contribution in [0, 0.1) is 5.92 Å². The van der Waals surface area contributed by atoms with E-state index in [4.69, 9.17) is 4.74 Å². The average Bonchev–Trinajstić information content (AvgIpc) is 2.74. The summed E-state index contributed by atoms with van der Waals surface area (Å²) in [5, 5.41) is 6.45. The van der Waals surface area contributed by atoms with E-state index in [0.717, 1.165) is 17.6 Å². The van der Waals surface area contributed by atoms with Crippen LogP contribution < -0.4 is 15.4 Å². The highest BCUT2D eigenvalue weighted by molar-refractivity contribution is 5.63. The van der Waals surface area contributed by atoms with E-state index in [-0.39, 0.29) is 0 Å². The highest BCUT2D eigenvalue weighted by Crippen LogP contribution is 2.32. The van der Waals surface area contributed by atoms with E-state index in [0.29, 0.717) is 11.8 Å². The number of aromatic nitrogens is 2. The Morgan fingerprint density at radius 2 is 2.06 bits per heavy atom. The monoisotopic (exact) mass is 236 g/mol. The summed E-state index contributed by atoms with van der Waals surface area (Å²) in [5.74, 6) is 2.99. The summed E-state index contributed by atoms with van der Waals surface area (Å²) in [4.78, 5) is 8.39. The third-order valence-electron chi connectivity index (χ3n) is 3.28. The first-order chi connectivity index (χ1) is 8.24. The highest BCUT2D eigenvalue weighted by Gasteiger charge is 2.23. The van der Waals surface area contributed by atoms with Crippen molar-refractivity contribution >= 4 is 11.6 Å². The predicted octanol–water partition coefficient (Wildman–Crippen LogP) is 2.13. The molecular weight excluding hydrogens is 216 g/mol. The number of ether oxygens (including phenoxy) is 1. The van der Waals surface area contributed by atoms with E-state index in [1.54, 1.807) is 13.4 Å². The van der Waals surface area contributed by atoms with Crippen molar-refractivity contribution in [1.29, 1.82) is 0 Å². The van der Waals surface area contributed by atoms with Crippen molar-refractivity contribution in [3.63, 3.8) is 0 Å². The van der Waals surface area contributed by atoms with Gasteiger partial charge in [-0.2, -0.15) is 0 Å². The van der Waals surface area contributed by atoms with Gasteiger partial charge in [0.2, 0.25) is 5.75 Å². The minimum atomic E-state index is 0.499. The lowest BCUT2D eigenvalue weighted by molar-refractivity contribution is 0.414. The molecule has 1 aromatic rings. The normalized spacial score (nSPS) is 23.5. The maximum atomic E-state index is 5.35. The van der Waals surface area contributed by atoms with Crippen LogP contribution in [-0.4, -0.2) is 30.2 Å². The first-order valence-electron chi connectivity index (χ1n) is 6.08. The number of nitrogens with zero attached hydrogens (tertiary/aromatic N) is 2. The van der Waals surface area contributed by atoms with Gasteiger partial charge in [-0.05, 0) is 25.2 Å². The molecule has 0 spiro atoms. The molecule has 2 rings (SSSR count). The molecule has 0 bridgehead atoms. The van der Waals surface area contributed by atoms with Gasteiger partial charge in [-0.15, -0.1) is 0 Å². The van der Waals surface area contributed by atoms with Gasteiger partial charge in [-0.3, -0.25) is 0 Å². The van der Waals surface area contributed by atoms with Gasteiger partial charge in [0.25, 0.3) is 0 Å². The second-order valence-corrected chi connectivity index (χ2v) is 4.61. The van der Waals surface area contributed by atoms with E-state index < -0.39 is 0 Å². The molecule has 1 heterocycles. The molecule has 0 aliphatic heterocycles. The molecule has 1 saturated carbocycles. The molecule has 2 atom stereocenters. The molecule has 1 fully saturated rings. The third-order valence-corrected chi connectivity index (χ3v) is 3.28. The minimum Gasteiger partial charge on any atom is -0.490 e. The van der Waals surface area contributed by atoms with Crippen LogP contribution in [0.1, 0.15) is 26.2 Å². The number of anilines is 2. The van der Waals surface area contributed by atoms with E-state index in [1.807, 2.05) is 7.05 Å². The van der Waals surface area contributed by atoms with Crippen LogP contribution in [0.15, 0.2) is 6.33 Å². The first kappa shape index (κ1) is 12.0. The van der Waals surface area contributed by atoms with E-state index >= 15 is 0 Å². The maximum Gasteiger partial charge on any atom is 0.204 e. The fourth-order valence-corrected chi connectivity index (χ4v) is 2.38. The van der Waals surface area contributed by atoms with Gasteiger partial charge in [0.05, 0.1) is 7.11 Å². The fraction of sp³-hybridized carbons (Fsp3) is 0.667. The molecule has 1 aliphatic rings. The van der Waals surface area contributed by atoms with E-state index in [1.165, 1.54) is 19.3 Å². The number of hydrogen-bond acceptors (Lipinski definition) is 5. The SMILES string of the molecule is CNc1ncnc(NC2CCC(C)C2)c1OC. The van der Waals surface area contributed by atoms with Gasteiger partial charge in [0.1, 0.15) is 6.33 Å². The summed E-state index contributed by atoms with van der Waals surface area (Å²) in [6.07, 6.45) is 5.23. The summed E-state index contributed by atoms with van der Waals surface area (Å²) in [6, 6.07) is 0.499. The van der Waals surface area contributed by atoms with Gasteiger partial charge < -0.3 is 15.4 Å². The smallest absolute Gasteiger partial charge is 0.204 e. The van der Waals surface area contributed by atoms with Gasteiger partial charge in [0.15, 0.2) is 11.6 Å². The Balaban J connectivity index is 2.14. The lowest BCUT2D eigenvalue weighted by Gasteiger charge is -2.16. The quantitative estimate of drug-likeness (QED) is 0.838. The van der Waals surface area contributed by atoms with Crippen molar-refractivity contribution in [3.05, 3.63) is 6.33 Å². The molecular formula is C12H20N4O. The number of rotatable bonds is 4. The van der Waals surface area contributed by atoms with Crippen molar-refractivity contribution < 1.29 is 4.74 Å². The second-order valence-electron chi connectivity index (χ2n) is 4.61. The van der Waals surface area contributed by atoms with Crippen LogP contribution in [0.5, 0.6) is 5.75 Å². The molecule has 0 aromatic carbocycles. The van der Waals surface area contributed by atoms with Crippen molar-refractivity contribution in [1.82, 2.24) is 9.97 Å². The van der Waals surface area contributed by atoms with Gasteiger partial charge >= 0.3 is 0 Å². The molecule has 0 radical (unpaired) electrons. The Hall–Kier alpha value is -1.52. The Morgan fingerprint density at radius 1 is 1.29 bits per heavy atom. The Labute approximate surface area is 102 Å². The van der Waals surface area contributed by atoms with Gasteiger partial charge in [-0.1, -0.05) is 6.92 Å². The number of nitrogens with one attached hydrogen (secondary N) is 2. The molecule has 1 aliphatic carbocycles. The summed E-state index contributed by atoms with van der Waals surface area (Å²) < 4.78 is 5.35. The summed E-state index contributed by atoms with van der Waals surface area (Å²) in [7, 11) is 3.47. The lowest BCUT2D eigenvalue weighted by atomic mass is 10.1. The summed E-state index contributed by atoms with van der Waals surface area (Å²) >= 11 is 0. The molecule has 1 aromatic heterocycles. The molecule has 5 nitrogen and oxygen atoms in total. The lowest BCUT2D eigenvalue weighted by Crippen LogP contribution is -2.17. The third kappa shape index (κ3) is 2.60. The standard InChI is InChI=1S/C12H20N4O/c1-8-4-5-9(6-8)16-12-10(17-3)11(13-2)14-7-15-12/h7-9H,4-6H2,1-3H3,(H2,13,14,15,16). The van der Waals surface area contributed by atoms with Crippen LogP contribution in [0.25, 0.3) is 0 Å². The van der Waals surface area contributed by atoms with Crippen molar-refractivity contribution in [2.75, 3.05) is 24.8 Å².